The Labute approximate surface area is 107 Å². The molecule has 4 N–H and O–H groups in total. The highest BCUT2D eigenvalue weighted by molar-refractivity contribution is 5.76. The highest BCUT2D eigenvalue weighted by Crippen LogP contribution is 2.36. The van der Waals surface area contributed by atoms with E-state index < -0.39 is 11.9 Å². The molecule has 0 bridgehead atoms. The first-order chi connectivity index (χ1) is 8.18. The molecule has 1 unspecified atom stereocenters. The number of carbonyl (C=O) groups is 1. The topological polar surface area (TPSA) is 83.5 Å². The van der Waals surface area contributed by atoms with Crippen LogP contribution in [-0.4, -0.2) is 16.2 Å². The van der Waals surface area contributed by atoms with Crippen molar-refractivity contribution in [3.63, 3.8) is 0 Å². The van der Waals surface area contributed by atoms with Gasteiger partial charge in [0, 0.05) is 12.1 Å². The molecule has 0 spiro atoms. The van der Waals surface area contributed by atoms with E-state index >= 15 is 0 Å². The van der Waals surface area contributed by atoms with Crippen molar-refractivity contribution < 1.29 is 15.0 Å². The molecular formula is C14H21NO3. The Kier molecular flexibility index (Phi) is 4.02. The Morgan fingerprint density at radius 3 is 2.33 bits per heavy atom. The van der Waals surface area contributed by atoms with Gasteiger partial charge < -0.3 is 15.9 Å². The number of nitrogens with two attached hydrogens (primary N) is 1. The minimum atomic E-state index is -0.886. The summed E-state index contributed by atoms with van der Waals surface area (Å²) in [5, 5.41) is 19.2. The SMILES string of the molecule is CC(C(=O)O)c1cc(CN)c(O)c(C(C)(C)C)c1. The van der Waals surface area contributed by atoms with Crippen LogP contribution in [0, 0.1) is 0 Å². The molecule has 18 heavy (non-hydrogen) atoms. The van der Waals surface area contributed by atoms with Gasteiger partial charge in [0.25, 0.3) is 0 Å². The molecule has 1 atom stereocenters. The Morgan fingerprint density at radius 1 is 1.39 bits per heavy atom. The first kappa shape index (κ1) is 14.5. The summed E-state index contributed by atoms with van der Waals surface area (Å²) >= 11 is 0. The van der Waals surface area contributed by atoms with E-state index in [1.807, 2.05) is 20.8 Å². The molecule has 0 saturated carbocycles. The summed E-state index contributed by atoms with van der Waals surface area (Å²) in [7, 11) is 0. The Hall–Kier alpha value is -1.55. The summed E-state index contributed by atoms with van der Waals surface area (Å²) in [5.74, 6) is -1.33. The van der Waals surface area contributed by atoms with Crippen molar-refractivity contribution in [2.75, 3.05) is 0 Å². The van der Waals surface area contributed by atoms with Crippen LogP contribution >= 0.6 is 0 Å². The lowest BCUT2D eigenvalue weighted by molar-refractivity contribution is -0.138. The number of aromatic hydroxyl groups is 1. The zero-order valence-corrected chi connectivity index (χ0v) is 11.3. The number of phenols is 1. The van der Waals surface area contributed by atoms with Crippen molar-refractivity contribution in [2.45, 2.75) is 45.6 Å². The standard InChI is InChI=1S/C14H21NO3/c1-8(13(17)18)9-5-10(7-15)12(16)11(6-9)14(2,3)4/h5-6,8,16H,7,15H2,1-4H3,(H,17,18). The van der Waals surface area contributed by atoms with Crippen molar-refractivity contribution >= 4 is 5.97 Å². The maximum atomic E-state index is 11.1. The second kappa shape index (κ2) is 4.98. The summed E-state index contributed by atoms with van der Waals surface area (Å²) in [5.41, 5.74) is 7.33. The van der Waals surface area contributed by atoms with E-state index in [0.717, 1.165) is 5.56 Å². The number of hydrogen-bond acceptors (Lipinski definition) is 3. The summed E-state index contributed by atoms with van der Waals surface area (Å²) in [6, 6.07) is 3.43. The van der Waals surface area contributed by atoms with E-state index in [2.05, 4.69) is 0 Å². The van der Waals surface area contributed by atoms with Gasteiger partial charge in [-0.15, -0.1) is 0 Å². The highest BCUT2D eigenvalue weighted by Gasteiger charge is 2.23. The number of rotatable bonds is 3. The number of phenolic OH excluding ortho intramolecular Hbond substituents is 1. The lowest BCUT2D eigenvalue weighted by atomic mass is 9.82. The molecule has 0 radical (unpaired) electrons. The summed E-state index contributed by atoms with van der Waals surface area (Å²) in [6.07, 6.45) is 0. The van der Waals surface area contributed by atoms with E-state index in [0.29, 0.717) is 11.1 Å². The van der Waals surface area contributed by atoms with Crippen LogP contribution in [0.25, 0.3) is 0 Å². The molecular weight excluding hydrogens is 230 g/mol. The van der Waals surface area contributed by atoms with E-state index in [-0.39, 0.29) is 17.7 Å². The maximum absolute atomic E-state index is 11.1. The molecule has 4 heteroatoms. The summed E-state index contributed by atoms with van der Waals surface area (Å²) in [4.78, 5) is 11.1. The number of carboxylic acid groups (broad SMARTS) is 1. The first-order valence-corrected chi connectivity index (χ1v) is 5.97. The zero-order chi connectivity index (χ0) is 14.1. The van der Waals surface area contributed by atoms with Crippen LogP contribution in [0.3, 0.4) is 0 Å². The van der Waals surface area contributed by atoms with E-state index in [1.165, 1.54) is 0 Å². The molecule has 4 nitrogen and oxygen atoms in total. The van der Waals surface area contributed by atoms with Crippen molar-refractivity contribution in [1.29, 1.82) is 0 Å². The number of benzene rings is 1. The molecule has 1 aromatic carbocycles. The molecule has 0 fully saturated rings. The van der Waals surface area contributed by atoms with Gasteiger partial charge in [0.1, 0.15) is 5.75 Å². The average molecular weight is 251 g/mol. The van der Waals surface area contributed by atoms with Crippen molar-refractivity contribution in [3.8, 4) is 5.75 Å². The van der Waals surface area contributed by atoms with Crippen LogP contribution in [0.2, 0.25) is 0 Å². The zero-order valence-electron chi connectivity index (χ0n) is 11.3. The lowest BCUT2D eigenvalue weighted by Gasteiger charge is -2.24. The van der Waals surface area contributed by atoms with Crippen LogP contribution in [0.1, 0.15) is 50.3 Å². The largest absolute Gasteiger partial charge is 0.507 e. The average Bonchev–Trinajstić information content (AvgIpc) is 2.26. The minimum absolute atomic E-state index is 0.173. The summed E-state index contributed by atoms with van der Waals surface area (Å²) < 4.78 is 0. The van der Waals surface area contributed by atoms with Crippen molar-refractivity contribution in [3.05, 3.63) is 28.8 Å². The third-order valence-corrected chi connectivity index (χ3v) is 3.11. The molecule has 0 aliphatic rings. The van der Waals surface area contributed by atoms with Gasteiger partial charge in [-0.3, -0.25) is 4.79 Å². The third-order valence-electron chi connectivity index (χ3n) is 3.11. The predicted molar refractivity (Wildman–Crippen MR) is 70.7 cm³/mol. The lowest BCUT2D eigenvalue weighted by Crippen LogP contribution is -2.16. The Bertz CT molecular complexity index is 461. The Morgan fingerprint density at radius 2 is 1.94 bits per heavy atom. The second-order valence-corrected chi connectivity index (χ2v) is 5.59. The van der Waals surface area contributed by atoms with Gasteiger partial charge in [-0.1, -0.05) is 26.8 Å². The van der Waals surface area contributed by atoms with E-state index in [9.17, 15) is 9.90 Å². The normalized spacial score (nSPS) is 13.4. The fraction of sp³-hybridized carbons (Fsp3) is 0.500. The van der Waals surface area contributed by atoms with Crippen LogP contribution in [-0.2, 0) is 16.8 Å². The molecule has 0 saturated heterocycles. The summed E-state index contributed by atoms with van der Waals surface area (Å²) in [6.45, 7) is 7.73. The molecule has 1 aromatic rings. The van der Waals surface area contributed by atoms with Crippen LogP contribution in [0.5, 0.6) is 5.75 Å². The van der Waals surface area contributed by atoms with Crippen molar-refractivity contribution in [2.24, 2.45) is 5.73 Å². The van der Waals surface area contributed by atoms with Gasteiger partial charge in [0.2, 0.25) is 0 Å². The maximum Gasteiger partial charge on any atom is 0.310 e. The van der Waals surface area contributed by atoms with E-state index in [4.69, 9.17) is 10.8 Å². The fourth-order valence-electron chi connectivity index (χ4n) is 1.84. The number of hydrogen-bond donors (Lipinski definition) is 3. The molecule has 100 valence electrons. The van der Waals surface area contributed by atoms with Gasteiger partial charge in [-0.25, -0.2) is 0 Å². The first-order valence-electron chi connectivity index (χ1n) is 5.97. The van der Waals surface area contributed by atoms with Gasteiger partial charge in [0.05, 0.1) is 5.92 Å². The van der Waals surface area contributed by atoms with Gasteiger partial charge in [-0.2, -0.15) is 0 Å². The monoisotopic (exact) mass is 251 g/mol. The van der Waals surface area contributed by atoms with Gasteiger partial charge in [-0.05, 0) is 29.5 Å². The molecule has 0 aliphatic carbocycles. The van der Waals surface area contributed by atoms with Crippen LogP contribution in [0.15, 0.2) is 12.1 Å². The van der Waals surface area contributed by atoms with Crippen molar-refractivity contribution in [1.82, 2.24) is 0 Å². The quantitative estimate of drug-likeness (QED) is 0.770. The van der Waals surface area contributed by atoms with Gasteiger partial charge in [0.15, 0.2) is 0 Å². The molecule has 0 aromatic heterocycles. The molecule has 1 rings (SSSR count). The molecule has 0 amide bonds. The van der Waals surface area contributed by atoms with Crippen LogP contribution in [0.4, 0.5) is 0 Å². The van der Waals surface area contributed by atoms with Crippen LogP contribution < -0.4 is 5.73 Å². The van der Waals surface area contributed by atoms with E-state index in [1.54, 1.807) is 19.1 Å². The minimum Gasteiger partial charge on any atom is -0.507 e. The predicted octanol–water partition coefficient (Wildman–Crippen LogP) is 2.34. The Balaban J connectivity index is 3.45. The number of carboxylic acids is 1. The number of aliphatic carboxylic acids is 1. The smallest absolute Gasteiger partial charge is 0.310 e. The second-order valence-electron chi connectivity index (χ2n) is 5.59. The molecule has 0 heterocycles. The fourth-order valence-corrected chi connectivity index (χ4v) is 1.84. The van der Waals surface area contributed by atoms with Gasteiger partial charge >= 0.3 is 5.97 Å². The third kappa shape index (κ3) is 2.82. The highest BCUT2D eigenvalue weighted by atomic mass is 16.4. The molecule has 0 aliphatic heterocycles.